The molecule has 0 unspecified atom stereocenters. The number of rotatable bonds is 6. The molecule has 0 fully saturated rings. The monoisotopic (exact) mass is 288 g/mol. The lowest BCUT2D eigenvalue weighted by atomic mass is 10.6. The molecule has 0 saturated carbocycles. The third-order valence-corrected chi connectivity index (χ3v) is 6.50. The standard InChI is InChI=1S/C9H8N2OS4/c10-3-1-5-13-7-8(14-6-2-4-11)16-9(12)15-7/h1-2,5-6H2. The molecule has 84 valence electrons. The molecule has 0 aliphatic rings. The predicted octanol–water partition coefficient (Wildman–Crippen LogP) is 3.18. The minimum atomic E-state index is 0.0823. The van der Waals surface area contributed by atoms with E-state index in [4.69, 9.17) is 10.5 Å². The number of thioether (sulfide) groups is 2. The fourth-order valence-corrected chi connectivity index (χ4v) is 5.89. The van der Waals surface area contributed by atoms with Gasteiger partial charge in [0.25, 0.3) is 4.06 Å². The topological polar surface area (TPSA) is 64.7 Å². The van der Waals surface area contributed by atoms with E-state index in [9.17, 15) is 4.79 Å². The van der Waals surface area contributed by atoms with Gasteiger partial charge in [0, 0.05) is 24.3 Å². The van der Waals surface area contributed by atoms with Crippen molar-refractivity contribution in [1.29, 1.82) is 10.5 Å². The number of hydrogen-bond donors (Lipinski definition) is 0. The van der Waals surface area contributed by atoms with Crippen LogP contribution in [0.25, 0.3) is 0 Å². The van der Waals surface area contributed by atoms with Gasteiger partial charge in [0.1, 0.15) is 0 Å². The second kappa shape index (κ2) is 7.75. The molecule has 1 aromatic rings. The molecule has 0 aliphatic heterocycles. The van der Waals surface area contributed by atoms with Crippen LogP contribution in [-0.4, -0.2) is 11.5 Å². The van der Waals surface area contributed by atoms with Gasteiger partial charge >= 0.3 is 0 Å². The van der Waals surface area contributed by atoms with E-state index in [1.165, 1.54) is 22.7 Å². The summed E-state index contributed by atoms with van der Waals surface area (Å²) in [7, 11) is 0. The molecule has 0 N–H and O–H groups in total. The lowest BCUT2D eigenvalue weighted by Gasteiger charge is -1.98. The maximum Gasteiger partial charge on any atom is 0.289 e. The van der Waals surface area contributed by atoms with Crippen molar-refractivity contribution >= 4 is 46.2 Å². The Kier molecular flexibility index (Phi) is 6.58. The summed E-state index contributed by atoms with van der Waals surface area (Å²) in [6.07, 6.45) is 0.980. The normalized spacial score (nSPS) is 9.62. The summed E-state index contributed by atoms with van der Waals surface area (Å²) in [5, 5.41) is 16.9. The molecule has 0 radical (unpaired) electrons. The van der Waals surface area contributed by atoms with Crippen molar-refractivity contribution in [2.75, 3.05) is 11.5 Å². The summed E-state index contributed by atoms with van der Waals surface area (Å²) in [5.74, 6) is 1.43. The lowest BCUT2D eigenvalue weighted by molar-refractivity contribution is 1.23. The van der Waals surface area contributed by atoms with Crippen LogP contribution < -0.4 is 4.06 Å². The summed E-state index contributed by atoms with van der Waals surface area (Å²) in [6, 6.07) is 4.15. The van der Waals surface area contributed by atoms with E-state index >= 15 is 0 Å². The Morgan fingerprint density at radius 3 is 1.81 bits per heavy atom. The van der Waals surface area contributed by atoms with Crippen LogP contribution in [0, 0.1) is 22.7 Å². The molecule has 0 amide bonds. The Balaban J connectivity index is 2.58. The number of hydrogen-bond acceptors (Lipinski definition) is 7. The predicted molar refractivity (Wildman–Crippen MR) is 70.4 cm³/mol. The highest BCUT2D eigenvalue weighted by atomic mass is 32.2. The van der Waals surface area contributed by atoms with Gasteiger partial charge in [0.05, 0.1) is 20.6 Å². The first kappa shape index (κ1) is 13.6. The third-order valence-electron chi connectivity index (χ3n) is 1.41. The molecule has 0 atom stereocenters. The van der Waals surface area contributed by atoms with Gasteiger partial charge in [0.15, 0.2) is 0 Å². The van der Waals surface area contributed by atoms with Crippen molar-refractivity contribution in [3.8, 4) is 12.1 Å². The third kappa shape index (κ3) is 4.58. The molecule has 7 heteroatoms. The fraction of sp³-hybridized carbons (Fsp3) is 0.444. The molecule has 1 aromatic heterocycles. The molecule has 0 saturated heterocycles. The maximum atomic E-state index is 11.3. The van der Waals surface area contributed by atoms with E-state index in [1.807, 2.05) is 0 Å². The van der Waals surface area contributed by atoms with Crippen LogP contribution in [0.4, 0.5) is 0 Å². The van der Waals surface area contributed by atoms with E-state index in [0.717, 1.165) is 19.9 Å². The van der Waals surface area contributed by atoms with Gasteiger partial charge in [-0.15, -0.1) is 23.5 Å². The average Bonchev–Trinajstić information content (AvgIpc) is 2.60. The van der Waals surface area contributed by atoms with Gasteiger partial charge in [-0.05, 0) is 0 Å². The van der Waals surface area contributed by atoms with Gasteiger partial charge < -0.3 is 0 Å². The average molecular weight is 288 g/mol. The highest BCUT2D eigenvalue weighted by Crippen LogP contribution is 2.36. The van der Waals surface area contributed by atoms with Crippen molar-refractivity contribution in [3.63, 3.8) is 0 Å². The van der Waals surface area contributed by atoms with E-state index < -0.39 is 0 Å². The van der Waals surface area contributed by atoms with Crippen LogP contribution in [0.3, 0.4) is 0 Å². The van der Waals surface area contributed by atoms with E-state index in [1.54, 1.807) is 23.5 Å². The van der Waals surface area contributed by atoms with Crippen molar-refractivity contribution in [3.05, 3.63) is 8.85 Å². The SMILES string of the molecule is N#CCCSc1sc(=O)sc1SCCC#N. The molecule has 1 heterocycles. The minimum Gasteiger partial charge on any atom is -0.265 e. The van der Waals surface area contributed by atoms with Crippen molar-refractivity contribution in [2.45, 2.75) is 21.3 Å². The Morgan fingerprint density at radius 2 is 1.44 bits per heavy atom. The van der Waals surface area contributed by atoms with E-state index in [0.29, 0.717) is 12.8 Å². The molecule has 0 spiro atoms. The molecular formula is C9H8N2OS4. The van der Waals surface area contributed by atoms with Gasteiger partial charge in [-0.2, -0.15) is 10.5 Å². The Labute approximate surface area is 110 Å². The molecule has 0 bridgehead atoms. The first-order chi connectivity index (χ1) is 7.77. The first-order valence-electron chi connectivity index (χ1n) is 4.41. The first-order valence-corrected chi connectivity index (χ1v) is 8.01. The minimum absolute atomic E-state index is 0.0823. The molecule has 16 heavy (non-hydrogen) atoms. The van der Waals surface area contributed by atoms with Gasteiger partial charge in [-0.1, -0.05) is 22.7 Å². The summed E-state index contributed by atoms with van der Waals surface area (Å²) < 4.78 is 2.07. The summed E-state index contributed by atoms with van der Waals surface area (Å²) in [6.45, 7) is 0. The van der Waals surface area contributed by atoms with Gasteiger partial charge in [-0.3, -0.25) is 4.79 Å². The molecule has 0 aromatic carbocycles. The van der Waals surface area contributed by atoms with Gasteiger partial charge in [0.2, 0.25) is 0 Å². The van der Waals surface area contributed by atoms with Gasteiger partial charge in [-0.25, -0.2) is 0 Å². The summed E-state index contributed by atoms with van der Waals surface area (Å²) >= 11 is 5.58. The number of nitrogens with zero attached hydrogens (tertiary/aromatic N) is 2. The van der Waals surface area contributed by atoms with E-state index in [2.05, 4.69) is 12.1 Å². The molecule has 1 rings (SSSR count). The van der Waals surface area contributed by atoms with Crippen molar-refractivity contribution in [1.82, 2.24) is 0 Å². The highest BCUT2D eigenvalue weighted by molar-refractivity contribution is 8.04. The van der Waals surface area contributed by atoms with Crippen LogP contribution in [-0.2, 0) is 0 Å². The van der Waals surface area contributed by atoms with Crippen LogP contribution in [0.1, 0.15) is 12.8 Å². The maximum absolute atomic E-state index is 11.3. The van der Waals surface area contributed by atoms with E-state index in [-0.39, 0.29) is 4.06 Å². The Bertz CT molecular complexity index is 425. The zero-order valence-electron chi connectivity index (χ0n) is 8.26. The number of nitriles is 2. The fourth-order valence-electron chi connectivity index (χ4n) is 0.811. The Hall–Kier alpha value is -0.470. The summed E-state index contributed by atoms with van der Waals surface area (Å²) in [5.41, 5.74) is 0. The quantitative estimate of drug-likeness (QED) is 0.594. The Morgan fingerprint density at radius 1 is 1.00 bits per heavy atom. The smallest absolute Gasteiger partial charge is 0.265 e. The lowest BCUT2D eigenvalue weighted by Crippen LogP contribution is -1.77. The van der Waals surface area contributed by atoms with Crippen molar-refractivity contribution < 1.29 is 0 Å². The van der Waals surface area contributed by atoms with Crippen LogP contribution in [0.5, 0.6) is 0 Å². The zero-order valence-corrected chi connectivity index (χ0v) is 11.5. The molecule has 0 aliphatic carbocycles. The second-order valence-electron chi connectivity index (χ2n) is 2.54. The van der Waals surface area contributed by atoms with Crippen LogP contribution in [0.15, 0.2) is 13.2 Å². The second-order valence-corrected chi connectivity index (χ2v) is 7.49. The summed E-state index contributed by atoms with van der Waals surface area (Å²) in [4.78, 5) is 11.3. The van der Waals surface area contributed by atoms with Crippen LogP contribution in [0.2, 0.25) is 0 Å². The van der Waals surface area contributed by atoms with Crippen LogP contribution >= 0.6 is 46.2 Å². The zero-order chi connectivity index (χ0) is 11.8. The van der Waals surface area contributed by atoms with Crippen molar-refractivity contribution in [2.24, 2.45) is 0 Å². The molecule has 3 nitrogen and oxygen atoms in total. The molecular weight excluding hydrogens is 280 g/mol. The largest absolute Gasteiger partial charge is 0.289 e. The highest BCUT2D eigenvalue weighted by Gasteiger charge is 2.09.